The number of rotatable bonds is 16. The third-order valence-corrected chi connectivity index (χ3v) is 5.39. The number of methoxy groups -OCH3 is 2. The topological polar surface area (TPSA) is 148 Å². The minimum atomic E-state index is -0.666. The second-order valence-corrected chi connectivity index (χ2v) is 11.5. The van der Waals surface area contributed by atoms with Gasteiger partial charge in [-0.15, -0.1) is 0 Å². The molecule has 0 aliphatic carbocycles. The highest BCUT2D eigenvalue weighted by Gasteiger charge is 2.23. The van der Waals surface area contributed by atoms with Gasteiger partial charge < -0.3 is 39.1 Å². The minimum absolute atomic E-state index is 0.0741. The van der Waals surface area contributed by atoms with Gasteiger partial charge in [0.15, 0.2) is 0 Å². The molecule has 0 spiro atoms. The molecular weight excluding hydrogens is 548 g/mol. The fourth-order valence-corrected chi connectivity index (χ4v) is 3.52. The molecule has 0 saturated heterocycles. The summed E-state index contributed by atoms with van der Waals surface area (Å²) in [5, 5.41) is 5.42. The van der Waals surface area contributed by atoms with Crippen LogP contribution in [0, 0.1) is 0 Å². The maximum absolute atomic E-state index is 12.4. The Labute approximate surface area is 249 Å². The van der Waals surface area contributed by atoms with Gasteiger partial charge >= 0.3 is 24.1 Å². The summed E-state index contributed by atoms with van der Waals surface area (Å²) < 4.78 is 31.9. The van der Waals surface area contributed by atoms with Crippen molar-refractivity contribution in [1.82, 2.24) is 10.6 Å². The smallest absolute Gasteiger partial charge is 0.407 e. The summed E-state index contributed by atoms with van der Waals surface area (Å²) in [6, 6.07) is 2.84. The normalized spacial score (nSPS) is 11.2. The van der Waals surface area contributed by atoms with E-state index in [4.69, 9.17) is 28.4 Å². The molecule has 0 aliphatic heterocycles. The molecule has 0 unspecified atom stereocenters. The molecule has 2 amide bonds. The molecule has 238 valence electrons. The van der Waals surface area contributed by atoms with E-state index in [0.29, 0.717) is 25.9 Å². The number of benzene rings is 1. The fraction of sp³-hybridized carbons (Fsp3) is 0.667. The first-order chi connectivity index (χ1) is 19.7. The molecule has 0 saturated carbocycles. The van der Waals surface area contributed by atoms with E-state index in [1.807, 2.05) is 0 Å². The van der Waals surface area contributed by atoms with Gasteiger partial charge in [-0.2, -0.15) is 0 Å². The molecule has 0 aliphatic rings. The van der Waals surface area contributed by atoms with Crippen LogP contribution in [0.25, 0.3) is 0 Å². The summed E-state index contributed by atoms with van der Waals surface area (Å²) in [6.07, 6.45) is 3.34. The van der Waals surface area contributed by atoms with Gasteiger partial charge in [0.2, 0.25) is 0 Å². The van der Waals surface area contributed by atoms with Crippen molar-refractivity contribution in [3.63, 3.8) is 0 Å². The third kappa shape index (κ3) is 15.3. The Bertz CT molecular complexity index is 951. The molecule has 0 bridgehead atoms. The quantitative estimate of drug-likeness (QED) is 0.144. The summed E-state index contributed by atoms with van der Waals surface area (Å²) in [5.41, 5.74) is -0.959. The Hall–Kier alpha value is -3.70. The van der Waals surface area contributed by atoms with E-state index >= 15 is 0 Å². The first-order valence-electron chi connectivity index (χ1n) is 14.2. The van der Waals surface area contributed by atoms with Gasteiger partial charge in [0, 0.05) is 19.2 Å². The highest BCUT2D eigenvalue weighted by atomic mass is 16.6. The van der Waals surface area contributed by atoms with E-state index in [9.17, 15) is 19.2 Å². The van der Waals surface area contributed by atoms with Gasteiger partial charge in [0.05, 0.1) is 27.4 Å². The Kier molecular flexibility index (Phi) is 15.5. The predicted molar refractivity (Wildman–Crippen MR) is 156 cm³/mol. The number of nitrogens with one attached hydrogen (secondary N) is 2. The number of alkyl carbamates (subject to hydrolysis) is 2. The zero-order valence-electron chi connectivity index (χ0n) is 26.3. The fourth-order valence-electron chi connectivity index (χ4n) is 3.52. The van der Waals surface area contributed by atoms with Crippen LogP contribution in [-0.2, 0) is 18.9 Å². The van der Waals surface area contributed by atoms with Crippen LogP contribution in [0.5, 0.6) is 11.5 Å². The van der Waals surface area contributed by atoms with Crippen LogP contribution < -0.4 is 20.1 Å². The van der Waals surface area contributed by atoms with Crippen molar-refractivity contribution in [2.75, 3.05) is 40.5 Å². The van der Waals surface area contributed by atoms with Crippen molar-refractivity contribution < 1.29 is 47.6 Å². The maximum atomic E-state index is 12.4. The van der Waals surface area contributed by atoms with Gasteiger partial charge in [-0.25, -0.2) is 19.2 Å². The average molecular weight is 597 g/mol. The number of ether oxygens (including phenoxy) is 6. The van der Waals surface area contributed by atoms with Crippen LogP contribution >= 0.6 is 0 Å². The summed E-state index contributed by atoms with van der Waals surface area (Å²) >= 11 is 0. The van der Waals surface area contributed by atoms with Gasteiger partial charge in [-0.3, -0.25) is 0 Å². The largest absolute Gasteiger partial charge is 0.493 e. The van der Waals surface area contributed by atoms with Crippen molar-refractivity contribution in [3.05, 3.63) is 23.3 Å². The number of esters is 2. The summed E-state index contributed by atoms with van der Waals surface area (Å²) in [4.78, 5) is 48.4. The standard InChI is InChI=1S/C30H48N2O10/c1-29(2,3)41-27(35)31-15-11-9-13-17-39-23-20-24(22(26(34)38-8)19-21(23)25(33)37-7)40-18-14-10-12-16-32-28(36)42-30(4,5)6/h19-20H,9-18H2,1-8H3,(H,31,35)(H,32,36). The first kappa shape index (κ1) is 36.3. The lowest BCUT2D eigenvalue weighted by Gasteiger charge is -2.19. The van der Waals surface area contributed by atoms with Gasteiger partial charge in [-0.1, -0.05) is 0 Å². The lowest BCUT2D eigenvalue weighted by molar-refractivity contribution is 0.0515. The zero-order valence-corrected chi connectivity index (χ0v) is 26.3. The molecule has 0 heterocycles. The highest BCUT2D eigenvalue weighted by molar-refractivity contribution is 5.99. The molecule has 42 heavy (non-hydrogen) atoms. The zero-order chi connectivity index (χ0) is 31.8. The molecular formula is C30H48N2O10. The van der Waals surface area contributed by atoms with Gasteiger partial charge in [0.1, 0.15) is 33.8 Å². The van der Waals surface area contributed by atoms with Crippen LogP contribution in [-0.4, -0.2) is 75.9 Å². The summed E-state index contributed by atoms with van der Waals surface area (Å²) in [6.45, 7) is 12.3. The second kappa shape index (κ2) is 18.0. The SMILES string of the molecule is COC(=O)c1cc(C(=O)OC)c(OCCCCCNC(=O)OC(C)(C)C)cc1OCCCCCNC(=O)OC(C)(C)C. The van der Waals surface area contributed by atoms with Gasteiger partial charge in [-0.05, 0) is 86.1 Å². The molecule has 0 aromatic heterocycles. The Morgan fingerprint density at radius 1 is 0.595 bits per heavy atom. The minimum Gasteiger partial charge on any atom is -0.493 e. The highest BCUT2D eigenvalue weighted by Crippen LogP contribution is 2.31. The van der Waals surface area contributed by atoms with Crippen LogP contribution in [0.1, 0.15) is 101 Å². The Balaban J connectivity index is 2.68. The molecule has 1 aromatic carbocycles. The van der Waals surface area contributed by atoms with E-state index in [-0.39, 0.29) is 35.8 Å². The molecule has 12 nitrogen and oxygen atoms in total. The molecule has 0 atom stereocenters. The molecule has 12 heteroatoms. The second-order valence-electron chi connectivity index (χ2n) is 11.5. The van der Waals surface area contributed by atoms with Crippen molar-refractivity contribution in [3.8, 4) is 11.5 Å². The van der Waals surface area contributed by atoms with Crippen LogP contribution in [0.2, 0.25) is 0 Å². The molecule has 1 aromatic rings. The van der Waals surface area contributed by atoms with E-state index in [0.717, 1.165) is 25.7 Å². The number of hydrogen-bond donors (Lipinski definition) is 2. The number of carbonyl (C=O) groups excluding carboxylic acids is 4. The monoisotopic (exact) mass is 596 g/mol. The first-order valence-corrected chi connectivity index (χ1v) is 14.2. The van der Waals surface area contributed by atoms with Crippen molar-refractivity contribution in [2.24, 2.45) is 0 Å². The average Bonchev–Trinajstić information content (AvgIpc) is 2.89. The van der Waals surface area contributed by atoms with Crippen LogP contribution in [0.15, 0.2) is 12.1 Å². The molecule has 2 N–H and O–H groups in total. The molecule has 0 radical (unpaired) electrons. The van der Waals surface area contributed by atoms with E-state index in [2.05, 4.69) is 10.6 Å². The lowest BCUT2D eigenvalue weighted by atomic mass is 10.1. The lowest BCUT2D eigenvalue weighted by Crippen LogP contribution is -2.33. The Morgan fingerprint density at radius 2 is 0.976 bits per heavy atom. The van der Waals surface area contributed by atoms with Gasteiger partial charge in [0.25, 0.3) is 0 Å². The van der Waals surface area contributed by atoms with Crippen molar-refractivity contribution in [2.45, 2.75) is 91.3 Å². The number of hydrogen-bond acceptors (Lipinski definition) is 10. The summed E-state index contributed by atoms with van der Waals surface area (Å²) in [5.74, 6) is -0.891. The number of carbonyl (C=O) groups is 4. The number of amides is 2. The maximum Gasteiger partial charge on any atom is 0.407 e. The third-order valence-electron chi connectivity index (χ3n) is 5.39. The van der Waals surface area contributed by atoms with Crippen molar-refractivity contribution >= 4 is 24.1 Å². The van der Waals surface area contributed by atoms with E-state index < -0.39 is 35.3 Å². The Morgan fingerprint density at radius 3 is 1.31 bits per heavy atom. The number of unbranched alkanes of at least 4 members (excludes halogenated alkanes) is 4. The van der Waals surface area contributed by atoms with E-state index in [1.165, 1.54) is 26.4 Å². The van der Waals surface area contributed by atoms with E-state index in [1.54, 1.807) is 41.5 Å². The van der Waals surface area contributed by atoms with Crippen LogP contribution in [0.4, 0.5) is 9.59 Å². The van der Waals surface area contributed by atoms with Crippen LogP contribution in [0.3, 0.4) is 0 Å². The molecule has 1 rings (SSSR count). The predicted octanol–water partition coefficient (Wildman–Crippen LogP) is 5.41. The summed E-state index contributed by atoms with van der Waals surface area (Å²) in [7, 11) is 2.48. The van der Waals surface area contributed by atoms with Crippen molar-refractivity contribution in [1.29, 1.82) is 0 Å². The molecule has 0 fully saturated rings.